The molecule has 0 spiro atoms. The molecule has 1 amide bonds. The topological polar surface area (TPSA) is 63.9 Å². The third-order valence-corrected chi connectivity index (χ3v) is 3.14. The van der Waals surface area contributed by atoms with Gasteiger partial charge in [-0.15, -0.1) is 10.2 Å². The Morgan fingerprint density at radius 2 is 2.05 bits per heavy atom. The highest BCUT2D eigenvalue weighted by molar-refractivity contribution is 5.93. The first-order valence-corrected chi connectivity index (χ1v) is 7.43. The molecule has 0 aliphatic heterocycles. The molecule has 0 unspecified atom stereocenters. The summed E-state index contributed by atoms with van der Waals surface area (Å²) in [5.74, 6) is 0.495. The van der Waals surface area contributed by atoms with E-state index in [4.69, 9.17) is 0 Å². The monoisotopic (exact) mass is 299 g/mol. The Kier molecular flexibility index (Phi) is 5.82. The number of allylic oxidation sites excluding steroid dienone is 2. The summed E-state index contributed by atoms with van der Waals surface area (Å²) in [5.41, 5.74) is 0.655. The highest BCUT2D eigenvalue weighted by Crippen LogP contribution is 2.05. The molecule has 1 aromatic heterocycles. The first-order chi connectivity index (χ1) is 10.7. The molecule has 0 N–H and O–H groups in total. The minimum atomic E-state index is -0.0529. The SMILES string of the molecule is CCC=CCCn1nnc(CN(C)C(=O)c2ccccc2)n1. The van der Waals surface area contributed by atoms with E-state index in [2.05, 4.69) is 34.5 Å². The lowest BCUT2D eigenvalue weighted by atomic mass is 10.2. The zero-order valence-electron chi connectivity index (χ0n) is 13.0. The molecule has 116 valence electrons. The van der Waals surface area contributed by atoms with Crippen LogP contribution in [0.15, 0.2) is 42.5 Å². The van der Waals surface area contributed by atoms with Gasteiger partial charge in [-0.3, -0.25) is 4.79 Å². The highest BCUT2D eigenvalue weighted by atomic mass is 16.2. The molecule has 0 aliphatic rings. The fourth-order valence-corrected chi connectivity index (χ4v) is 1.99. The minimum Gasteiger partial charge on any atom is -0.334 e. The van der Waals surface area contributed by atoms with Crippen LogP contribution >= 0.6 is 0 Å². The number of benzene rings is 1. The van der Waals surface area contributed by atoms with Gasteiger partial charge < -0.3 is 4.90 Å². The van der Waals surface area contributed by atoms with Crippen molar-refractivity contribution in [3.8, 4) is 0 Å². The van der Waals surface area contributed by atoms with Crippen LogP contribution in [-0.2, 0) is 13.1 Å². The Morgan fingerprint density at radius 3 is 2.77 bits per heavy atom. The smallest absolute Gasteiger partial charge is 0.254 e. The van der Waals surface area contributed by atoms with Crippen molar-refractivity contribution >= 4 is 5.91 Å². The molecule has 0 saturated heterocycles. The zero-order chi connectivity index (χ0) is 15.8. The van der Waals surface area contributed by atoms with Gasteiger partial charge in [0, 0.05) is 12.6 Å². The average molecular weight is 299 g/mol. The predicted octanol–water partition coefficient (Wildman–Crippen LogP) is 2.30. The largest absolute Gasteiger partial charge is 0.334 e. The van der Waals surface area contributed by atoms with Gasteiger partial charge in [-0.1, -0.05) is 37.3 Å². The number of tetrazole rings is 1. The number of amides is 1. The van der Waals surface area contributed by atoms with E-state index in [9.17, 15) is 4.79 Å². The van der Waals surface area contributed by atoms with Crippen LogP contribution in [-0.4, -0.2) is 38.1 Å². The highest BCUT2D eigenvalue weighted by Gasteiger charge is 2.14. The number of hydrogen-bond donors (Lipinski definition) is 0. The molecule has 22 heavy (non-hydrogen) atoms. The number of carbonyl (C=O) groups is 1. The summed E-state index contributed by atoms with van der Waals surface area (Å²) >= 11 is 0. The normalized spacial score (nSPS) is 11.0. The van der Waals surface area contributed by atoms with E-state index in [-0.39, 0.29) is 5.91 Å². The van der Waals surface area contributed by atoms with Crippen molar-refractivity contribution < 1.29 is 4.79 Å². The fourth-order valence-electron chi connectivity index (χ4n) is 1.99. The molecule has 0 aliphatic carbocycles. The summed E-state index contributed by atoms with van der Waals surface area (Å²) in [6.45, 7) is 3.14. The van der Waals surface area contributed by atoms with Crippen molar-refractivity contribution in [1.29, 1.82) is 0 Å². The summed E-state index contributed by atoms with van der Waals surface area (Å²) < 4.78 is 0. The van der Waals surface area contributed by atoms with Crippen molar-refractivity contribution in [2.24, 2.45) is 0 Å². The molecule has 0 saturated carbocycles. The van der Waals surface area contributed by atoms with Crippen LogP contribution in [0, 0.1) is 0 Å². The maximum atomic E-state index is 12.2. The second kappa shape index (κ2) is 8.07. The van der Waals surface area contributed by atoms with E-state index in [1.165, 1.54) is 0 Å². The van der Waals surface area contributed by atoms with Crippen LogP contribution in [0.3, 0.4) is 0 Å². The Labute approximate surface area is 130 Å². The lowest BCUT2D eigenvalue weighted by Gasteiger charge is -2.14. The summed E-state index contributed by atoms with van der Waals surface area (Å²) in [6, 6.07) is 9.17. The molecule has 0 atom stereocenters. The zero-order valence-corrected chi connectivity index (χ0v) is 13.0. The third kappa shape index (κ3) is 4.51. The molecule has 2 aromatic rings. The second-order valence-corrected chi connectivity index (χ2v) is 5.00. The maximum absolute atomic E-state index is 12.2. The molecule has 0 bridgehead atoms. The predicted molar refractivity (Wildman–Crippen MR) is 84.1 cm³/mol. The average Bonchev–Trinajstić information content (AvgIpc) is 2.99. The molecule has 1 heterocycles. The lowest BCUT2D eigenvalue weighted by Crippen LogP contribution is -2.26. The van der Waals surface area contributed by atoms with E-state index >= 15 is 0 Å². The molecule has 6 heteroatoms. The van der Waals surface area contributed by atoms with E-state index in [1.807, 2.05) is 18.2 Å². The van der Waals surface area contributed by atoms with Gasteiger partial charge in [-0.05, 0) is 30.2 Å². The maximum Gasteiger partial charge on any atom is 0.254 e. The molecule has 1 aromatic carbocycles. The second-order valence-electron chi connectivity index (χ2n) is 5.00. The van der Waals surface area contributed by atoms with Crippen LogP contribution in [0.25, 0.3) is 0 Å². The van der Waals surface area contributed by atoms with Crippen LogP contribution in [0.1, 0.15) is 35.9 Å². The van der Waals surface area contributed by atoms with Gasteiger partial charge in [-0.2, -0.15) is 4.80 Å². The number of hydrogen-bond acceptors (Lipinski definition) is 4. The van der Waals surface area contributed by atoms with Gasteiger partial charge in [0.1, 0.15) is 0 Å². The van der Waals surface area contributed by atoms with Crippen LogP contribution in [0.2, 0.25) is 0 Å². The minimum absolute atomic E-state index is 0.0529. The molecular weight excluding hydrogens is 278 g/mol. The molecule has 0 fully saturated rings. The van der Waals surface area contributed by atoms with Gasteiger partial charge in [0.05, 0.1) is 13.1 Å². The van der Waals surface area contributed by atoms with Crippen LogP contribution < -0.4 is 0 Å². The number of rotatable bonds is 7. The standard InChI is InChI=1S/C16H21N5O/c1-3-4-5-9-12-21-18-15(17-19-21)13-20(2)16(22)14-10-7-6-8-11-14/h4-8,10-11H,3,9,12-13H2,1-2H3. The van der Waals surface area contributed by atoms with E-state index in [0.29, 0.717) is 24.5 Å². The van der Waals surface area contributed by atoms with E-state index < -0.39 is 0 Å². The Bertz CT molecular complexity index is 620. The first-order valence-electron chi connectivity index (χ1n) is 7.43. The summed E-state index contributed by atoms with van der Waals surface area (Å²) in [6.07, 6.45) is 6.13. The van der Waals surface area contributed by atoms with Crippen molar-refractivity contribution in [2.75, 3.05) is 7.05 Å². The summed E-state index contributed by atoms with van der Waals surface area (Å²) in [4.78, 5) is 15.4. The number of carbonyl (C=O) groups excluding carboxylic acids is 1. The van der Waals surface area contributed by atoms with Crippen molar-refractivity contribution in [1.82, 2.24) is 25.1 Å². The van der Waals surface area contributed by atoms with Gasteiger partial charge in [0.15, 0.2) is 5.82 Å². The summed E-state index contributed by atoms with van der Waals surface area (Å²) in [7, 11) is 1.74. The fraction of sp³-hybridized carbons (Fsp3) is 0.375. The van der Waals surface area contributed by atoms with Gasteiger partial charge in [0.2, 0.25) is 0 Å². The third-order valence-electron chi connectivity index (χ3n) is 3.14. The number of nitrogens with zero attached hydrogens (tertiary/aromatic N) is 5. The van der Waals surface area contributed by atoms with Gasteiger partial charge in [-0.25, -0.2) is 0 Å². The molecule has 6 nitrogen and oxygen atoms in total. The Balaban J connectivity index is 1.89. The van der Waals surface area contributed by atoms with Gasteiger partial charge in [0.25, 0.3) is 5.91 Å². The van der Waals surface area contributed by atoms with Crippen molar-refractivity contribution in [2.45, 2.75) is 32.9 Å². The van der Waals surface area contributed by atoms with Crippen molar-refractivity contribution in [3.05, 3.63) is 53.9 Å². The van der Waals surface area contributed by atoms with Crippen LogP contribution in [0.5, 0.6) is 0 Å². The van der Waals surface area contributed by atoms with Gasteiger partial charge >= 0.3 is 0 Å². The number of aryl methyl sites for hydroxylation is 1. The molecule has 0 radical (unpaired) electrons. The molecular formula is C16H21N5O. The van der Waals surface area contributed by atoms with Crippen LogP contribution in [0.4, 0.5) is 0 Å². The first kappa shape index (κ1) is 15.9. The van der Waals surface area contributed by atoms with Crippen molar-refractivity contribution in [3.63, 3.8) is 0 Å². The Morgan fingerprint density at radius 1 is 1.27 bits per heavy atom. The quantitative estimate of drug-likeness (QED) is 0.736. The Hall–Kier alpha value is -2.50. The lowest BCUT2D eigenvalue weighted by molar-refractivity contribution is 0.0781. The van der Waals surface area contributed by atoms with E-state index in [0.717, 1.165) is 12.8 Å². The van der Waals surface area contributed by atoms with E-state index in [1.54, 1.807) is 28.9 Å². The summed E-state index contributed by atoms with van der Waals surface area (Å²) in [5, 5.41) is 12.3. The molecule has 2 rings (SSSR count). The number of aromatic nitrogens is 4.